The van der Waals surface area contributed by atoms with Crippen molar-refractivity contribution in [1.29, 1.82) is 0 Å². The van der Waals surface area contributed by atoms with Crippen molar-refractivity contribution in [2.24, 2.45) is 5.41 Å². The van der Waals surface area contributed by atoms with E-state index in [4.69, 9.17) is 5.11 Å². The number of rotatable bonds is 3. The monoisotopic (exact) mass is 242 g/mol. The van der Waals surface area contributed by atoms with Crippen molar-refractivity contribution in [3.8, 4) is 0 Å². The summed E-state index contributed by atoms with van der Waals surface area (Å²) in [6.45, 7) is 7.53. The standard InChI is InChI=1S/C12H22N2O3/c1-4-9(10(15)16)13-11(17)14-7-5-12(2,3)6-8-14/h9H,4-8H2,1-3H3,(H,13,17)(H,15,16)/t9-/m1/s1. The minimum Gasteiger partial charge on any atom is -0.480 e. The molecular weight excluding hydrogens is 220 g/mol. The molecule has 1 heterocycles. The van der Waals surface area contributed by atoms with Gasteiger partial charge in [0.15, 0.2) is 0 Å². The van der Waals surface area contributed by atoms with Gasteiger partial charge in [-0.05, 0) is 24.7 Å². The lowest BCUT2D eigenvalue weighted by atomic mass is 9.83. The van der Waals surface area contributed by atoms with Gasteiger partial charge in [-0.3, -0.25) is 0 Å². The second-order valence-corrected chi connectivity index (χ2v) is 5.40. The second-order valence-electron chi connectivity index (χ2n) is 5.40. The van der Waals surface area contributed by atoms with Gasteiger partial charge >= 0.3 is 12.0 Å². The Morgan fingerprint density at radius 2 is 1.88 bits per heavy atom. The molecule has 1 atom stereocenters. The Hall–Kier alpha value is -1.26. The van der Waals surface area contributed by atoms with E-state index < -0.39 is 12.0 Å². The van der Waals surface area contributed by atoms with Gasteiger partial charge in [-0.15, -0.1) is 0 Å². The van der Waals surface area contributed by atoms with Gasteiger partial charge in [0.1, 0.15) is 6.04 Å². The zero-order valence-corrected chi connectivity index (χ0v) is 10.8. The fourth-order valence-electron chi connectivity index (χ4n) is 1.89. The van der Waals surface area contributed by atoms with E-state index in [1.54, 1.807) is 11.8 Å². The summed E-state index contributed by atoms with van der Waals surface area (Å²) in [5, 5.41) is 11.4. The fraction of sp³-hybridized carbons (Fsp3) is 0.833. The van der Waals surface area contributed by atoms with Crippen LogP contribution >= 0.6 is 0 Å². The number of likely N-dealkylation sites (tertiary alicyclic amines) is 1. The molecule has 1 saturated heterocycles. The maximum absolute atomic E-state index is 11.8. The highest BCUT2D eigenvalue weighted by Crippen LogP contribution is 2.29. The fourth-order valence-corrected chi connectivity index (χ4v) is 1.89. The molecule has 0 spiro atoms. The third-order valence-electron chi connectivity index (χ3n) is 3.41. The minimum atomic E-state index is -0.974. The molecule has 2 N–H and O–H groups in total. The smallest absolute Gasteiger partial charge is 0.326 e. The van der Waals surface area contributed by atoms with Crippen LogP contribution in [0.25, 0.3) is 0 Å². The van der Waals surface area contributed by atoms with E-state index in [1.165, 1.54) is 0 Å². The highest BCUT2D eigenvalue weighted by molar-refractivity contribution is 5.82. The molecular formula is C12H22N2O3. The Morgan fingerprint density at radius 3 is 2.29 bits per heavy atom. The second kappa shape index (κ2) is 5.38. The van der Waals surface area contributed by atoms with Crippen molar-refractivity contribution in [3.05, 3.63) is 0 Å². The lowest BCUT2D eigenvalue weighted by Gasteiger charge is -2.37. The van der Waals surface area contributed by atoms with Crippen LogP contribution in [0.15, 0.2) is 0 Å². The van der Waals surface area contributed by atoms with E-state index in [1.807, 2.05) is 0 Å². The van der Waals surface area contributed by atoms with Crippen LogP contribution in [0.1, 0.15) is 40.0 Å². The molecule has 1 aliphatic heterocycles. The number of hydrogen-bond donors (Lipinski definition) is 2. The average Bonchev–Trinajstić information content (AvgIpc) is 2.25. The Bertz CT molecular complexity index is 292. The van der Waals surface area contributed by atoms with Gasteiger partial charge in [-0.25, -0.2) is 9.59 Å². The van der Waals surface area contributed by atoms with E-state index in [2.05, 4.69) is 19.2 Å². The quantitative estimate of drug-likeness (QED) is 0.791. The number of amides is 2. The van der Waals surface area contributed by atoms with Gasteiger partial charge in [0.05, 0.1) is 0 Å². The maximum atomic E-state index is 11.8. The molecule has 0 bridgehead atoms. The van der Waals surface area contributed by atoms with E-state index >= 15 is 0 Å². The number of nitrogens with one attached hydrogen (secondary N) is 1. The van der Waals surface area contributed by atoms with Crippen LogP contribution in [0.5, 0.6) is 0 Å². The van der Waals surface area contributed by atoms with Crippen molar-refractivity contribution in [1.82, 2.24) is 10.2 Å². The number of carbonyl (C=O) groups excluding carboxylic acids is 1. The Balaban J connectivity index is 2.46. The lowest BCUT2D eigenvalue weighted by molar-refractivity contribution is -0.139. The summed E-state index contributed by atoms with van der Waals surface area (Å²) < 4.78 is 0. The number of piperidine rings is 1. The average molecular weight is 242 g/mol. The predicted molar refractivity (Wildman–Crippen MR) is 64.8 cm³/mol. The van der Waals surface area contributed by atoms with E-state index in [-0.39, 0.29) is 11.4 Å². The third kappa shape index (κ3) is 3.91. The van der Waals surface area contributed by atoms with Crippen molar-refractivity contribution < 1.29 is 14.7 Å². The number of hydrogen-bond acceptors (Lipinski definition) is 2. The van der Waals surface area contributed by atoms with Crippen LogP contribution in [0, 0.1) is 5.41 Å². The van der Waals surface area contributed by atoms with Crippen LogP contribution in [-0.2, 0) is 4.79 Å². The Morgan fingerprint density at radius 1 is 1.35 bits per heavy atom. The number of carboxylic acid groups (broad SMARTS) is 1. The van der Waals surface area contributed by atoms with Gasteiger partial charge in [0.2, 0.25) is 0 Å². The first-order chi connectivity index (χ1) is 7.85. The summed E-state index contributed by atoms with van der Waals surface area (Å²) in [5.74, 6) is -0.974. The number of carboxylic acids is 1. The molecule has 0 aromatic rings. The first kappa shape index (κ1) is 13.8. The van der Waals surface area contributed by atoms with E-state index in [0.717, 1.165) is 12.8 Å². The molecule has 0 saturated carbocycles. The predicted octanol–water partition coefficient (Wildman–Crippen LogP) is 1.68. The highest BCUT2D eigenvalue weighted by atomic mass is 16.4. The Labute approximate surface area is 102 Å². The van der Waals surface area contributed by atoms with Crippen molar-refractivity contribution >= 4 is 12.0 Å². The molecule has 0 aliphatic carbocycles. The molecule has 5 nitrogen and oxygen atoms in total. The van der Waals surface area contributed by atoms with Crippen LogP contribution < -0.4 is 5.32 Å². The van der Waals surface area contributed by atoms with Crippen molar-refractivity contribution in [2.45, 2.75) is 46.1 Å². The Kier molecular flexibility index (Phi) is 4.37. The zero-order valence-electron chi connectivity index (χ0n) is 10.8. The summed E-state index contributed by atoms with van der Waals surface area (Å²) in [6, 6.07) is -1.04. The lowest BCUT2D eigenvalue weighted by Crippen LogP contribution is -2.50. The largest absolute Gasteiger partial charge is 0.480 e. The summed E-state index contributed by atoms with van der Waals surface area (Å²) in [6.07, 6.45) is 2.33. The topological polar surface area (TPSA) is 69.6 Å². The van der Waals surface area contributed by atoms with Gasteiger partial charge in [-0.2, -0.15) is 0 Å². The maximum Gasteiger partial charge on any atom is 0.326 e. The number of carbonyl (C=O) groups is 2. The first-order valence-electron chi connectivity index (χ1n) is 6.14. The van der Waals surface area contributed by atoms with Gasteiger partial charge in [0, 0.05) is 13.1 Å². The minimum absolute atomic E-state index is 0.255. The first-order valence-corrected chi connectivity index (χ1v) is 6.14. The molecule has 1 rings (SSSR count). The molecule has 2 amide bonds. The van der Waals surface area contributed by atoms with E-state index in [0.29, 0.717) is 19.5 Å². The number of nitrogens with zero attached hydrogens (tertiary/aromatic N) is 1. The molecule has 1 fully saturated rings. The third-order valence-corrected chi connectivity index (χ3v) is 3.41. The molecule has 0 unspecified atom stereocenters. The van der Waals surface area contributed by atoms with Gasteiger partial charge < -0.3 is 15.3 Å². The van der Waals surface area contributed by atoms with Gasteiger partial charge in [-0.1, -0.05) is 20.8 Å². The molecule has 5 heteroatoms. The van der Waals surface area contributed by atoms with Gasteiger partial charge in [0.25, 0.3) is 0 Å². The molecule has 0 aromatic carbocycles. The summed E-state index contributed by atoms with van der Waals surface area (Å²) >= 11 is 0. The summed E-state index contributed by atoms with van der Waals surface area (Å²) in [7, 11) is 0. The normalized spacial score (nSPS) is 20.8. The van der Waals surface area contributed by atoms with Crippen LogP contribution in [0.4, 0.5) is 4.79 Å². The molecule has 98 valence electrons. The zero-order chi connectivity index (χ0) is 13.1. The molecule has 17 heavy (non-hydrogen) atoms. The molecule has 1 aliphatic rings. The number of urea groups is 1. The SMILES string of the molecule is CC[C@@H](NC(=O)N1CCC(C)(C)CC1)C(=O)O. The number of aliphatic carboxylic acids is 1. The molecule has 0 radical (unpaired) electrons. The summed E-state index contributed by atoms with van der Waals surface area (Å²) in [5.41, 5.74) is 0.285. The highest BCUT2D eigenvalue weighted by Gasteiger charge is 2.29. The van der Waals surface area contributed by atoms with E-state index in [9.17, 15) is 9.59 Å². The van der Waals surface area contributed by atoms with Crippen LogP contribution in [-0.4, -0.2) is 41.1 Å². The molecule has 0 aromatic heterocycles. The van der Waals surface area contributed by atoms with Crippen molar-refractivity contribution in [3.63, 3.8) is 0 Å². The van der Waals surface area contributed by atoms with Crippen LogP contribution in [0.2, 0.25) is 0 Å². The van der Waals surface area contributed by atoms with Crippen molar-refractivity contribution in [2.75, 3.05) is 13.1 Å². The van der Waals surface area contributed by atoms with Crippen LogP contribution in [0.3, 0.4) is 0 Å². The summed E-state index contributed by atoms with van der Waals surface area (Å²) in [4.78, 5) is 24.4.